The number of rotatable bonds is 8. The lowest BCUT2D eigenvalue weighted by Crippen LogP contribution is -2.39. The summed E-state index contributed by atoms with van der Waals surface area (Å²) in [4.78, 5) is 8.35. The average Bonchev–Trinajstić information content (AvgIpc) is 2.62. The van der Waals surface area contributed by atoms with Crippen LogP contribution in [-0.4, -0.2) is 37.7 Å². The zero-order chi connectivity index (χ0) is 17.0. The fourth-order valence-corrected chi connectivity index (χ4v) is 2.30. The van der Waals surface area contributed by atoms with Crippen molar-refractivity contribution >= 4 is 29.9 Å². The molecule has 0 unspecified atom stereocenters. The first-order chi connectivity index (χ1) is 11.8. The lowest BCUT2D eigenvalue weighted by molar-refractivity contribution is 0.311. The third kappa shape index (κ3) is 8.20. The molecule has 0 fully saturated rings. The quantitative estimate of drug-likeness (QED) is 0.279. The number of aromatic nitrogens is 1. The monoisotopic (exact) mass is 454 g/mol. The molecule has 25 heavy (non-hydrogen) atoms. The molecule has 6 heteroatoms. The van der Waals surface area contributed by atoms with Crippen LogP contribution in [-0.2, 0) is 6.42 Å². The van der Waals surface area contributed by atoms with E-state index in [1.165, 1.54) is 11.1 Å². The van der Waals surface area contributed by atoms with Gasteiger partial charge in [0, 0.05) is 32.5 Å². The standard InChI is InChI=1S/C19H26N4O.HI/c1-16-15-21-12-9-17(16)10-13-23-19(20-2)22-11-6-14-24-18-7-4-3-5-8-18;/h3-5,7-9,12,15H,6,10-11,13-14H2,1-2H3,(H2,20,22,23);1H. The third-order valence-corrected chi connectivity index (χ3v) is 3.67. The van der Waals surface area contributed by atoms with Gasteiger partial charge in [0.15, 0.2) is 5.96 Å². The zero-order valence-corrected chi connectivity index (χ0v) is 17.2. The number of nitrogens with zero attached hydrogens (tertiary/aromatic N) is 2. The van der Waals surface area contributed by atoms with Crippen LogP contribution in [0.3, 0.4) is 0 Å². The highest BCUT2D eigenvalue weighted by atomic mass is 127. The fraction of sp³-hybridized carbons (Fsp3) is 0.368. The lowest BCUT2D eigenvalue weighted by Gasteiger charge is -2.12. The number of para-hydroxylation sites is 1. The second kappa shape index (κ2) is 12.5. The van der Waals surface area contributed by atoms with Crippen molar-refractivity contribution in [2.75, 3.05) is 26.7 Å². The van der Waals surface area contributed by atoms with Crippen LogP contribution in [0, 0.1) is 6.92 Å². The number of halogens is 1. The van der Waals surface area contributed by atoms with E-state index in [2.05, 4.69) is 33.6 Å². The SMILES string of the molecule is CN=C(NCCCOc1ccccc1)NCCc1ccncc1C.I. The van der Waals surface area contributed by atoms with Gasteiger partial charge < -0.3 is 15.4 Å². The molecular formula is C19H27IN4O. The topological polar surface area (TPSA) is 58.5 Å². The second-order valence-electron chi connectivity index (χ2n) is 5.49. The van der Waals surface area contributed by atoms with Crippen molar-refractivity contribution in [2.24, 2.45) is 4.99 Å². The summed E-state index contributed by atoms with van der Waals surface area (Å²) in [5, 5.41) is 6.63. The van der Waals surface area contributed by atoms with Crippen LogP contribution in [0.2, 0.25) is 0 Å². The summed E-state index contributed by atoms with van der Waals surface area (Å²) in [5.74, 6) is 1.73. The third-order valence-electron chi connectivity index (χ3n) is 3.67. The highest BCUT2D eigenvalue weighted by Crippen LogP contribution is 2.08. The van der Waals surface area contributed by atoms with Crippen molar-refractivity contribution in [1.29, 1.82) is 0 Å². The Hall–Kier alpha value is -1.83. The smallest absolute Gasteiger partial charge is 0.190 e. The average molecular weight is 454 g/mol. The largest absolute Gasteiger partial charge is 0.494 e. The molecule has 1 aromatic heterocycles. The molecular weight excluding hydrogens is 427 g/mol. The Morgan fingerprint density at radius 1 is 1.12 bits per heavy atom. The van der Waals surface area contributed by atoms with E-state index in [-0.39, 0.29) is 24.0 Å². The molecule has 0 atom stereocenters. The molecule has 0 radical (unpaired) electrons. The van der Waals surface area contributed by atoms with Gasteiger partial charge in [-0.15, -0.1) is 24.0 Å². The molecule has 0 saturated heterocycles. The molecule has 0 aliphatic carbocycles. The van der Waals surface area contributed by atoms with Crippen molar-refractivity contribution in [3.05, 3.63) is 59.9 Å². The molecule has 0 saturated carbocycles. The number of guanidine groups is 1. The van der Waals surface area contributed by atoms with Crippen molar-refractivity contribution < 1.29 is 4.74 Å². The van der Waals surface area contributed by atoms with Gasteiger partial charge in [-0.25, -0.2) is 0 Å². The number of nitrogens with one attached hydrogen (secondary N) is 2. The second-order valence-corrected chi connectivity index (χ2v) is 5.49. The Morgan fingerprint density at radius 2 is 1.88 bits per heavy atom. The fourth-order valence-electron chi connectivity index (χ4n) is 2.30. The summed E-state index contributed by atoms with van der Waals surface area (Å²) in [7, 11) is 1.79. The molecule has 0 amide bonds. The molecule has 2 N–H and O–H groups in total. The predicted molar refractivity (Wildman–Crippen MR) is 114 cm³/mol. The van der Waals surface area contributed by atoms with Gasteiger partial charge in [-0.1, -0.05) is 18.2 Å². The van der Waals surface area contributed by atoms with Crippen molar-refractivity contribution in [2.45, 2.75) is 19.8 Å². The summed E-state index contributed by atoms with van der Waals surface area (Å²) in [5.41, 5.74) is 2.53. The minimum Gasteiger partial charge on any atom is -0.494 e. The van der Waals surface area contributed by atoms with Crippen molar-refractivity contribution in [1.82, 2.24) is 15.6 Å². The van der Waals surface area contributed by atoms with E-state index < -0.39 is 0 Å². The van der Waals surface area contributed by atoms with Gasteiger partial charge in [0.1, 0.15) is 5.75 Å². The van der Waals surface area contributed by atoms with E-state index in [0.717, 1.165) is 37.6 Å². The van der Waals surface area contributed by atoms with Gasteiger partial charge in [0.2, 0.25) is 0 Å². The van der Waals surface area contributed by atoms with Crippen LogP contribution in [0.25, 0.3) is 0 Å². The van der Waals surface area contributed by atoms with E-state index in [4.69, 9.17) is 4.74 Å². The summed E-state index contributed by atoms with van der Waals surface area (Å²) in [6.45, 7) is 4.43. The Kier molecular flexibility index (Phi) is 10.6. The molecule has 1 aromatic carbocycles. The number of hydrogen-bond acceptors (Lipinski definition) is 3. The molecule has 0 spiro atoms. The van der Waals surface area contributed by atoms with Crippen LogP contribution in [0.5, 0.6) is 5.75 Å². The Labute approximate surface area is 167 Å². The first-order valence-corrected chi connectivity index (χ1v) is 8.31. The van der Waals surface area contributed by atoms with E-state index in [9.17, 15) is 0 Å². The van der Waals surface area contributed by atoms with Crippen LogP contribution in [0.4, 0.5) is 0 Å². The van der Waals surface area contributed by atoms with Crippen molar-refractivity contribution in [3.63, 3.8) is 0 Å². The van der Waals surface area contributed by atoms with E-state index >= 15 is 0 Å². The minimum atomic E-state index is 0. The molecule has 0 bridgehead atoms. The Morgan fingerprint density at radius 3 is 2.60 bits per heavy atom. The number of aryl methyl sites for hydroxylation is 1. The van der Waals surface area contributed by atoms with E-state index in [0.29, 0.717) is 6.61 Å². The molecule has 136 valence electrons. The highest BCUT2D eigenvalue weighted by molar-refractivity contribution is 14.0. The van der Waals surface area contributed by atoms with E-state index in [1.54, 1.807) is 7.05 Å². The summed E-state index contributed by atoms with van der Waals surface area (Å²) >= 11 is 0. The summed E-state index contributed by atoms with van der Waals surface area (Å²) in [6.07, 6.45) is 5.60. The van der Waals surface area contributed by atoms with Gasteiger partial charge in [0.25, 0.3) is 0 Å². The molecule has 1 heterocycles. The molecule has 2 rings (SSSR count). The van der Waals surface area contributed by atoms with Crippen LogP contribution < -0.4 is 15.4 Å². The normalized spacial score (nSPS) is 10.7. The maximum atomic E-state index is 5.67. The highest BCUT2D eigenvalue weighted by Gasteiger charge is 2.00. The Balaban J connectivity index is 0.00000312. The Bertz CT molecular complexity index is 634. The van der Waals surface area contributed by atoms with Crippen molar-refractivity contribution in [3.8, 4) is 5.75 Å². The minimum absolute atomic E-state index is 0. The number of hydrogen-bond donors (Lipinski definition) is 2. The molecule has 2 aromatic rings. The van der Waals surface area contributed by atoms with Crippen LogP contribution >= 0.6 is 24.0 Å². The number of aliphatic imine (C=N–C) groups is 1. The number of ether oxygens (including phenoxy) is 1. The van der Waals surface area contributed by atoms with Crippen LogP contribution in [0.1, 0.15) is 17.5 Å². The van der Waals surface area contributed by atoms with Gasteiger partial charge >= 0.3 is 0 Å². The molecule has 5 nitrogen and oxygen atoms in total. The maximum absolute atomic E-state index is 5.67. The first-order valence-electron chi connectivity index (χ1n) is 8.31. The van der Waals surface area contributed by atoms with E-state index in [1.807, 2.05) is 42.7 Å². The predicted octanol–water partition coefficient (Wildman–Crippen LogP) is 3.18. The lowest BCUT2D eigenvalue weighted by atomic mass is 10.1. The molecule has 0 aliphatic rings. The number of benzene rings is 1. The first kappa shape index (κ1) is 21.2. The van der Waals surface area contributed by atoms with Crippen LogP contribution in [0.15, 0.2) is 53.8 Å². The summed E-state index contributed by atoms with van der Waals surface area (Å²) < 4.78 is 5.67. The molecule has 0 aliphatic heterocycles. The zero-order valence-electron chi connectivity index (χ0n) is 14.9. The summed E-state index contributed by atoms with van der Waals surface area (Å²) in [6, 6.07) is 11.9. The van der Waals surface area contributed by atoms with Gasteiger partial charge in [-0.2, -0.15) is 0 Å². The number of pyridine rings is 1. The van der Waals surface area contributed by atoms with Gasteiger partial charge in [0.05, 0.1) is 6.61 Å². The van der Waals surface area contributed by atoms with Gasteiger partial charge in [-0.05, 0) is 49.1 Å². The maximum Gasteiger partial charge on any atom is 0.190 e. The van der Waals surface area contributed by atoms with Gasteiger partial charge in [-0.3, -0.25) is 9.98 Å².